The highest BCUT2D eigenvalue weighted by molar-refractivity contribution is 5.91. The molecule has 0 aliphatic rings. The predicted octanol–water partition coefficient (Wildman–Crippen LogP) is 2.04. The van der Waals surface area contributed by atoms with Crippen molar-refractivity contribution in [2.24, 2.45) is 5.73 Å². The van der Waals surface area contributed by atoms with Crippen LogP contribution in [0, 0.1) is 5.82 Å². The van der Waals surface area contributed by atoms with Gasteiger partial charge in [0.25, 0.3) is 0 Å². The average Bonchev–Trinajstić information content (AvgIpc) is 2.28. The van der Waals surface area contributed by atoms with Crippen molar-refractivity contribution < 1.29 is 13.9 Å². The normalized spacial score (nSPS) is 11.4. The molecule has 1 amide bonds. The molecule has 4 nitrogen and oxygen atoms in total. The minimum Gasteiger partial charge on any atom is -0.366 e. The summed E-state index contributed by atoms with van der Waals surface area (Å²) >= 11 is 0. The summed E-state index contributed by atoms with van der Waals surface area (Å²) in [5.41, 5.74) is 5.89. The quantitative estimate of drug-likeness (QED) is 0.864. The van der Waals surface area contributed by atoms with Gasteiger partial charge in [-0.25, -0.2) is 4.39 Å². The molecular formula is C13H19FN2O2. The van der Waals surface area contributed by atoms with Gasteiger partial charge in [0, 0.05) is 17.8 Å². The van der Waals surface area contributed by atoms with Crippen molar-refractivity contribution in [1.82, 2.24) is 0 Å². The van der Waals surface area contributed by atoms with Gasteiger partial charge < -0.3 is 15.8 Å². The number of ether oxygens (including phenoxy) is 1. The largest absolute Gasteiger partial charge is 0.366 e. The summed E-state index contributed by atoms with van der Waals surface area (Å²) in [4.78, 5) is 11.6. The highest BCUT2D eigenvalue weighted by atomic mass is 19.1. The zero-order chi connectivity index (χ0) is 13.8. The number of halogens is 1. The molecule has 1 aromatic rings. The molecule has 3 N–H and O–H groups in total. The molecule has 0 aliphatic heterocycles. The maximum atomic E-state index is 13.2. The third-order valence-electron chi connectivity index (χ3n) is 2.19. The summed E-state index contributed by atoms with van der Waals surface area (Å²) in [7, 11) is 0. The van der Waals surface area contributed by atoms with Crippen molar-refractivity contribution in [1.29, 1.82) is 0 Å². The number of hydrogen-bond acceptors (Lipinski definition) is 3. The number of anilines is 1. The number of carbonyl (C=O) groups is 1. The minimum absolute atomic E-state index is 0.0428. The van der Waals surface area contributed by atoms with Crippen molar-refractivity contribution in [3.8, 4) is 0 Å². The lowest BCUT2D eigenvalue weighted by molar-refractivity contribution is -0.125. The van der Waals surface area contributed by atoms with Crippen molar-refractivity contribution in [3.63, 3.8) is 0 Å². The number of carbonyl (C=O) groups excluding carboxylic acids is 1. The van der Waals surface area contributed by atoms with Crippen molar-refractivity contribution in [3.05, 3.63) is 29.6 Å². The van der Waals surface area contributed by atoms with Gasteiger partial charge >= 0.3 is 0 Å². The van der Waals surface area contributed by atoms with Crippen LogP contribution in [0.3, 0.4) is 0 Å². The van der Waals surface area contributed by atoms with Crippen molar-refractivity contribution in [2.75, 3.05) is 11.9 Å². The second-order valence-electron chi connectivity index (χ2n) is 4.96. The van der Waals surface area contributed by atoms with Gasteiger partial charge in [0.15, 0.2) is 0 Å². The Morgan fingerprint density at radius 2 is 2.11 bits per heavy atom. The molecule has 5 heteroatoms. The Morgan fingerprint density at radius 3 is 2.67 bits per heavy atom. The number of nitrogens with two attached hydrogens (primary N) is 1. The van der Waals surface area contributed by atoms with Crippen LogP contribution in [0.2, 0.25) is 0 Å². The molecule has 1 aromatic carbocycles. The summed E-state index contributed by atoms with van der Waals surface area (Å²) in [6.45, 7) is 5.65. The SMILES string of the molecule is CC(C)(C)OCC(=O)Nc1ccc(F)c(CN)c1. The Morgan fingerprint density at radius 1 is 1.44 bits per heavy atom. The molecule has 0 heterocycles. The molecule has 0 aromatic heterocycles. The molecule has 0 radical (unpaired) electrons. The van der Waals surface area contributed by atoms with Gasteiger partial charge in [-0.3, -0.25) is 4.79 Å². The first kappa shape index (κ1) is 14.6. The number of benzene rings is 1. The fourth-order valence-electron chi connectivity index (χ4n) is 1.29. The maximum absolute atomic E-state index is 13.2. The van der Waals surface area contributed by atoms with E-state index in [2.05, 4.69) is 5.32 Å². The highest BCUT2D eigenvalue weighted by Gasteiger charge is 2.13. The van der Waals surface area contributed by atoms with E-state index in [0.29, 0.717) is 11.3 Å². The third-order valence-corrected chi connectivity index (χ3v) is 2.19. The Balaban J connectivity index is 2.59. The lowest BCUT2D eigenvalue weighted by Gasteiger charge is -2.19. The molecule has 1 rings (SSSR count). The van der Waals surface area contributed by atoms with Gasteiger partial charge in [-0.2, -0.15) is 0 Å². The van der Waals surface area contributed by atoms with E-state index in [1.807, 2.05) is 20.8 Å². The zero-order valence-corrected chi connectivity index (χ0v) is 10.9. The molecular weight excluding hydrogens is 235 g/mol. The number of amides is 1. The van der Waals surface area contributed by atoms with Gasteiger partial charge in [0.2, 0.25) is 5.91 Å². The van der Waals surface area contributed by atoms with Crippen molar-refractivity contribution >= 4 is 11.6 Å². The second-order valence-corrected chi connectivity index (χ2v) is 4.96. The van der Waals surface area contributed by atoms with Gasteiger partial charge in [-0.05, 0) is 39.0 Å². The molecule has 0 bridgehead atoms. The average molecular weight is 254 g/mol. The van der Waals surface area contributed by atoms with Gasteiger partial charge in [-0.1, -0.05) is 0 Å². The molecule has 0 fully saturated rings. The van der Waals surface area contributed by atoms with Gasteiger partial charge in [0.1, 0.15) is 12.4 Å². The fourth-order valence-corrected chi connectivity index (χ4v) is 1.29. The summed E-state index contributed by atoms with van der Waals surface area (Å²) in [5, 5.41) is 2.63. The van der Waals surface area contributed by atoms with Crippen LogP contribution < -0.4 is 11.1 Å². The van der Waals surface area contributed by atoms with E-state index in [4.69, 9.17) is 10.5 Å². The van der Waals surface area contributed by atoms with Gasteiger partial charge in [-0.15, -0.1) is 0 Å². The predicted molar refractivity (Wildman–Crippen MR) is 68.6 cm³/mol. The number of rotatable bonds is 4. The van der Waals surface area contributed by atoms with Crippen LogP contribution in [0.15, 0.2) is 18.2 Å². The lowest BCUT2D eigenvalue weighted by atomic mass is 10.2. The Bertz CT molecular complexity index is 427. The molecule has 0 aliphatic carbocycles. The van der Waals surface area contributed by atoms with Crippen LogP contribution in [0.4, 0.5) is 10.1 Å². The topological polar surface area (TPSA) is 64.3 Å². The molecule has 100 valence electrons. The second kappa shape index (κ2) is 5.93. The van der Waals surface area contributed by atoms with Crippen LogP contribution in [0.1, 0.15) is 26.3 Å². The molecule has 18 heavy (non-hydrogen) atoms. The Kier molecular flexibility index (Phi) is 4.81. The standard InChI is InChI=1S/C13H19FN2O2/c1-13(2,3)18-8-12(17)16-10-4-5-11(14)9(6-10)7-15/h4-6H,7-8,15H2,1-3H3,(H,16,17). The van der Waals surface area contributed by atoms with Crippen LogP contribution >= 0.6 is 0 Å². The minimum atomic E-state index is -0.374. The Hall–Kier alpha value is -1.46. The summed E-state index contributed by atoms with van der Waals surface area (Å²) in [6, 6.07) is 4.29. The molecule has 0 unspecified atom stereocenters. The van der Waals surface area contributed by atoms with E-state index >= 15 is 0 Å². The fraction of sp³-hybridized carbons (Fsp3) is 0.462. The van der Waals surface area contributed by atoms with E-state index in [1.165, 1.54) is 18.2 Å². The first-order chi connectivity index (χ1) is 8.31. The number of nitrogens with one attached hydrogen (secondary N) is 1. The molecule has 0 atom stereocenters. The third kappa shape index (κ3) is 4.81. The summed E-state index contributed by atoms with van der Waals surface area (Å²) in [6.07, 6.45) is 0. The molecule has 0 spiro atoms. The first-order valence-corrected chi connectivity index (χ1v) is 5.74. The van der Waals surface area contributed by atoms with E-state index in [-0.39, 0.29) is 30.5 Å². The summed E-state index contributed by atoms with van der Waals surface area (Å²) in [5.74, 6) is -0.652. The smallest absolute Gasteiger partial charge is 0.250 e. The van der Waals surface area contributed by atoms with Crippen LogP contribution in [0.5, 0.6) is 0 Å². The zero-order valence-electron chi connectivity index (χ0n) is 10.9. The van der Waals surface area contributed by atoms with Crippen LogP contribution in [0.25, 0.3) is 0 Å². The molecule has 0 saturated carbocycles. The highest BCUT2D eigenvalue weighted by Crippen LogP contribution is 2.14. The Labute approximate surface area is 106 Å². The van der Waals surface area contributed by atoms with E-state index in [0.717, 1.165) is 0 Å². The van der Waals surface area contributed by atoms with Crippen LogP contribution in [-0.2, 0) is 16.1 Å². The summed E-state index contributed by atoms with van der Waals surface area (Å²) < 4.78 is 18.5. The monoisotopic (exact) mass is 254 g/mol. The van der Waals surface area contributed by atoms with E-state index in [1.54, 1.807) is 0 Å². The maximum Gasteiger partial charge on any atom is 0.250 e. The van der Waals surface area contributed by atoms with Crippen molar-refractivity contribution in [2.45, 2.75) is 32.9 Å². The number of hydrogen-bond donors (Lipinski definition) is 2. The van der Waals surface area contributed by atoms with E-state index < -0.39 is 0 Å². The first-order valence-electron chi connectivity index (χ1n) is 5.74. The molecule has 0 saturated heterocycles. The van der Waals surface area contributed by atoms with Gasteiger partial charge in [0.05, 0.1) is 5.60 Å². The van der Waals surface area contributed by atoms with Crippen LogP contribution in [-0.4, -0.2) is 18.1 Å². The lowest BCUT2D eigenvalue weighted by Crippen LogP contribution is -2.27. The van der Waals surface area contributed by atoms with E-state index in [9.17, 15) is 9.18 Å².